The Morgan fingerprint density at radius 2 is 2.21 bits per heavy atom. The predicted octanol–water partition coefficient (Wildman–Crippen LogP) is 2.32. The van der Waals surface area contributed by atoms with E-state index in [1.807, 2.05) is 12.1 Å². The third-order valence-electron chi connectivity index (χ3n) is 3.76. The summed E-state index contributed by atoms with van der Waals surface area (Å²) >= 11 is 0. The summed E-state index contributed by atoms with van der Waals surface area (Å²) in [5, 5.41) is 3.12. The second-order valence-corrected chi connectivity index (χ2v) is 5.11. The van der Waals surface area contributed by atoms with E-state index >= 15 is 0 Å². The highest BCUT2D eigenvalue weighted by Gasteiger charge is 2.26. The Kier molecular flexibility index (Phi) is 3.53. The number of amides is 2. The highest BCUT2D eigenvalue weighted by atomic mass is 16.5. The van der Waals surface area contributed by atoms with E-state index in [0.717, 1.165) is 12.8 Å². The molecular formula is C14H19N3O2. The van der Waals surface area contributed by atoms with Gasteiger partial charge in [0.15, 0.2) is 11.6 Å². The average Bonchev–Trinajstić information content (AvgIpc) is 2.47. The number of anilines is 1. The third kappa shape index (κ3) is 2.64. The van der Waals surface area contributed by atoms with Gasteiger partial charge in [-0.05, 0) is 25.0 Å². The summed E-state index contributed by atoms with van der Waals surface area (Å²) in [6, 6.07) is 3.94. The number of rotatable bonds is 1. The number of hydrogen-bond donors (Lipinski definition) is 1. The van der Waals surface area contributed by atoms with E-state index in [-0.39, 0.29) is 6.03 Å². The van der Waals surface area contributed by atoms with Gasteiger partial charge in [0, 0.05) is 12.2 Å². The van der Waals surface area contributed by atoms with Crippen molar-refractivity contribution in [3.8, 4) is 5.75 Å². The lowest BCUT2D eigenvalue weighted by atomic mass is 9.96. The largest absolute Gasteiger partial charge is 0.488 e. The van der Waals surface area contributed by atoms with Crippen LogP contribution in [0, 0.1) is 0 Å². The van der Waals surface area contributed by atoms with Crippen LogP contribution < -0.4 is 15.0 Å². The molecule has 0 saturated heterocycles. The van der Waals surface area contributed by atoms with Crippen molar-refractivity contribution in [3.63, 3.8) is 0 Å². The van der Waals surface area contributed by atoms with Crippen LogP contribution in [0.5, 0.6) is 5.75 Å². The molecule has 1 fully saturated rings. The van der Waals surface area contributed by atoms with E-state index in [4.69, 9.17) is 4.74 Å². The number of aromatic nitrogens is 1. The molecule has 5 heteroatoms. The van der Waals surface area contributed by atoms with Crippen LogP contribution in [0.15, 0.2) is 18.3 Å². The van der Waals surface area contributed by atoms with Gasteiger partial charge in [0.1, 0.15) is 6.61 Å². The highest BCUT2D eigenvalue weighted by molar-refractivity contribution is 5.92. The van der Waals surface area contributed by atoms with Crippen molar-refractivity contribution in [1.29, 1.82) is 0 Å². The maximum absolute atomic E-state index is 12.3. The first kappa shape index (κ1) is 12.3. The molecule has 2 heterocycles. The van der Waals surface area contributed by atoms with Crippen molar-refractivity contribution in [2.75, 3.05) is 18.1 Å². The standard InChI is InChI=1S/C14H19N3O2/c18-14(16-11-5-2-1-3-6-11)17-9-10-19-12-7-4-8-15-13(12)17/h4,7-8,11H,1-3,5-6,9-10H2,(H,16,18). The fraction of sp³-hybridized carbons (Fsp3) is 0.571. The Hall–Kier alpha value is -1.78. The topological polar surface area (TPSA) is 54.5 Å². The van der Waals surface area contributed by atoms with E-state index < -0.39 is 0 Å². The van der Waals surface area contributed by atoms with Crippen molar-refractivity contribution in [2.45, 2.75) is 38.1 Å². The molecule has 2 amide bonds. The lowest BCUT2D eigenvalue weighted by Gasteiger charge is -2.31. The minimum atomic E-state index is -0.0462. The van der Waals surface area contributed by atoms with Crippen LogP contribution in [-0.4, -0.2) is 30.2 Å². The van der Waals surface area contributed by atoms with Crippen LogP contribution in [0.3, 0.4) is 0 Å². The first-order valence-corrected chi connectivity index (χ1v) is 7.00. The molecule has 0 bridgehead atoms. The number of carbonyl (C=O) groups is 1. The second-order valence-electron chi connectivity index (χ2n) is 5.11. The van der Waals surface area contributed by atoms with Gasteiger partial charge in [-0.1, -0.05) is 19.3 Å². The first-order valence-electron chi connectivity index (χ1n) is 7.00. The number of carbonyl (C=O) groups excluding carboxylic acids is 1. The zero-order chi connectivity index (χ0) is 13.1. The molecule has 1 N–H and O–H groups in total. The molecule has 1 aliphatic heterocycles. The zero-order valence-electron chi connectivity index (χ0n) is 11.0. The van der Waals surface area contributed by atoms with Gasteiger partial charge in [0.2, 0.25) is 0 Å². The number of nitrogens with one attached hydrogen (secondary N) is 1. The van der Waals surface area contributed by atoms with Crippen LogP contribution in [-0.2, 0) is 0 Å². The minimum Gasteiger partial charge on any atom is -0.488 e. The quantitative estimate of drug-likeness (QED) is 0.844. The van der Waals surface area contributed by atoms with Gasteiger partial charge in [0.05, 0.1) is 6.54 Å². The molecule has 102 valence electrons. The maximum atomic E-state index is 12.3. The molecule has 2 aliphatic rings. The molecular weight excluding hydrogens is 242 g/mol. The van der Waals surface area contributed by atoms with Crippen LogP contribution in [0.2, 0.25) is 0 Å². The molecule has 5 nitrogen and oxygen atoms in total. The Labute approximate surface area is 113 Å². The van der Waals surface area contributed by atoms with E-state index in [0.29, 0.717) is 30.8 Å². The molecule has 1 aromatic heterocycles. The Morgan fingerprint density at radius 3 is 3.05 bits per heavy atom. The molecule has 0 spiro atoms. The summed E-state index contributed by atoms with van der Waals surface area (Å²) in [6.07, 6.45) is 7.57. The molecule has 1 aromatic rings. The first-order chi connectivity index (χ1) is 9.34. The summed E-state index contributed by atoms with van der Waals surface area (Å²) in [5.41, 5.74) is 0. The predicted molar refractivity (Wildman–Crippen MR) is 72.5 cm³/mol. The summed E-state index contributed by atoms with van der Waals surface area (Å²) < 4.78 is 5.51. The zero-order valence-corrected chi connectivity index (χ0v) is 11.0. The van der Waals surface area contributed by atoms with E-state index in [1.54, 1.807) is 11.1 Å². The monoisotopic (exact) mass is 261 g/mol. The molecule has 1 aliphatic carbocycles. The minimum absolute atomic E-state index is 0.0462. The van der Waals surface area contributed by atoms with Gasteiger partial charge < -0.3 is 10.1 Å². The smallest absolute Gasteiger partial charge is 0.323 e. The lowest BCUT2D eigenvalue weighted by Crippen LogP contribution is -2.48. The lowest BCUT2D eigenvalue weighted by molar-refractivity contribution is 0.232. The number of fused-ring (bicyclic) bond motifs is 1. The third-order valence-corrected chi connectivity index (χ3v) is 3.76. The number of ether oxygens (including phenoxy) is 1. The number of hydrogen-bond acceptors (Lipinski definition) is 3. The van der Waals surface area contributed by atoms with Crippen molar-refractivity contribution >= 4 is 11.8 Å². The number of pyridine rings is 1. The van der Waals surface area contributed by atoms with Gasteiger partial charge in [0.25, 0.3) is 0 Å². The van der Waals surface area contributed by atoms with Crippen LogP contribution in [0.25, 0.3) is 0 Å². The molecule has 3 rings (SSSR count). The van der Waals surface area contributed by atoms with Crippen LogP contribution in [0.4, 0.5) is 10.6 Å². The Morgan fingerprint density at radius 1 is 1.37 bits per heavy atom. The SMILES string of the molecule is O=C(NC1CCCCC1)N1CCOc2cccnc21. The van der Waals surface area contributed by atoms with E-state index in [1.165, 1.54) is 19.3 Å². The number of nitrogens with zero attached hydrogens (tertiary/aromatic N) is 2. The fourth-order valence-corrected chi connectivity index (χ4v) is 2.75. The molecule has 19 heavy (non-hydrogen) atoms. The summed E-state index contributed by atoms with van der Waals surface area (Å²) in [6.45, 7) is 1.08. The Balaban J connectivity index is 1.70. The van der Waals surface area contributed by atoms with Gasteiger partial charge in [-0.25, -0.2) is 9.78 Å². The molecule has 0 unspecified atom stereocenters. The summed E-state index contributed by atoms with van der Waals surface area (Å²) in [4.78, 5) is 18.3. The van der Waals surface area contributed by atoms with Crippen molar-refractivity contribution < 1.29 is 9.53 Å². The Bertz CT molecular complexity index is 458. The van der Waals surface area contributed by atoms with Gasteiger partial charge in [-0.3, -0.25) is 4.90 Å². The number of urea groups is 1. The summed E-state index contributed by atoms with van der Waals surface area (Å²) in [5.74, 6) is 1.31. The van der Waals surface area contributed by atoms with Gasteiger partial charge >= 0.3 is 6.03 Å². The van der Waals surface area contributed by atoms with E-state index in [2.05, 4.69) is 10.3 Å². The van der Waals surface area contributed by atoms with Gasteiger partial charge in [-0.15, -0.1) is 0 Å². The van der Waals surface area contributed by atoms with E-state index in [9.17, 15) is 4.79 Å². The normalized spacial score (nSPS) is 19.5. The second kappa shape index (κ2) is 5.47. The average molecular weight is 261 g/mol. The van der Waals surface area contributed by atoms with Crippen molar-refractivity contribution in [1.82, 2.24) is 10.3 Å². The van der Waals surface area contributed by atoms with Crippen LogP contribution >= 0.6 is 0 Å². The van der Waals surface area contributed by atoms with Crippen molar-refractivity contribution in [3.05, 3.63) is 18.3 Å². The van der Waals surface area contributed by atoms with Crippen molar-refractivity contribution in [2.24, 2.45) is 0 Å². The fourth-order valence-electron chi connectivity index (χ4n) is 2.75. The molecule has 0 atom stereocenters. The van der Waals surface area contributed by atoms with Gasteiger partial charge in [-0.2, -0.15) is 0 Å². The molecule has 1 saturated carbocycles. The summed E-state index contributed by atoms with van der Waals surface area (Å²) in [7, 11) is 0. The highest BCUT2D eigenvalue weighted by Crippen LogP contribution is 2.28. The molecule has 0 radical (unpaired) electrons. The van der Waals surface area contributed by atoms with Crippen LogP contribution in [0.1, 0.15) is 32.1 Å². The molecule has 0 aromatic carbocycles. The maximum Gasteiger partial charge on any atom is 0.323 e.